The Labute approximate surface area is 123 Å². The van der Waals surface area contributed by atoms with Gasteiger partial charge in [-0.05, 0) is 43.6 Å². The molecule has 0 radical (unpaired) electrons. The molecule has 1 fully saturated rings. The molecule has 1 saturated carbocycles. The van der Waals surface area contributed by atoms with Gasteiger partial charge in [-0.25, -0.2) is 0 Å². The summed E-state index contributed by atoms with van der Waals surface area (Å²) in [5.74, 6) is 1.00. The smallest absolute Gasteiger partial charge is 0.123 e. The number of rotatable bonds is 5. The molecular formula is C18H29NO. The molecule has 2 nitrogen and oxygen atoms in total. The molecule has 1 aromatic carbocycles. The van der Waals surface area contributed by atoms with Gasteiger partial charge >= 0.3 is 0 Å². The van der Waals surface area contributed by atoms with Gasteiger partial charge in [-0.2, -0.15) is 0 Å². The fourth-order valence-corrected chi connectivity index (χ4v) is 3.23. The Balaban J connectivity index is 2.02. The summed E-state index contributed by atoms with van der Waals surface area (Å²) in [5, 5.41) is 3.85. The van der Waals surface area contributed by atoms with E-state index >= 15 is 0 Å². The first-order chi connectivity index (χ1) is 9.55. The average molecular weight is 275 g/mol. The highest BCUT2D eigenvalue weighted by atomic mass is 16.5. The highest BCUT2D eigenvalue weighted by molar-refractivity contribution is 5.35. The van der Waals surface area contributed by atoms with Gasteiger partial charge in [0.25, 0.3) is 0 Å². The van der Waals surface area contributed by atoms with Crippen molar-refractivity contribution < 1.29 is 4.74 Å². The molecule has 0 amide bonds. The molecule has 0 spiro atoms. The molecule has 0 bridgehead atoms. The SMILES string of the molecule is CCC(NC1CCC(C)(C)CC1)c1ccccc1OC. The second-order valence-corrected chi connectivity index (χ2v) is 6.81. The van der Waals surface area contributed by atoms with Crippen molar-refractivity contribution in [3.8, 4) is 5.75 Å². The standard InChI is InChI=1S/C18H29NO/c1-5-16(15-8-6-7-9-17(15)20-4)19-14-10-12-18(2,3)13-11-14/h6-9,14,16,19H,5,10-13H2,1-4H3. The van der Waals surface area contributed by atoms with Gasteiger partial charge in [-0.3, -0.25) is 0 Å². The number of para-hydroxylation sites is 1. The van der Waals surface area contributed by atoms with Crippen molar-refractivity contribution in [1.29, 1.82) is 0 Å². The van der Waals surface area contributed by atoms with Crippen LogP contribution in [0.3, 0.4) is 0 Å². The fourth-order valence-electron chi connectivity index (χ4n) is 3.23. The molecule has 0 heterocycles. The van der Waals surface area contributed by atoms with Gasteiger partial charge in [0.05, 0.1) is 7.11 Å². The van der Waals surface area contributed by atoms with E-state index in [-0.39, 0.29) is 0 Å². The second-order valence-electron chi connectivity index (χ2n) is 6.81. The maximum Gasteiger partial charge on any atom is 0.123 e. The van der Waals surface area contributed by atoms with Crippen molar-refractivity contribution in [3.63, 3.8) is 0 Å². The lowest BCUT2D eigenvalue weighted by molar-refractivity contribution is 0.196. The van der Waals surface area contributed by atoms with Gasteiger partial charge in [0, 0.05) is 17.6 Å². The predicted octanol–water partition coefficient (Wildman–Crippen LogP) is 4.70. The molecule has 1 aliphatic rings. The third kappa shape index (κ3) is 3.76. The van der Waals surface area contributed by atoms with Crippen LogP contribution in [0.15, 0.2) is 24.3 Å². The van der Waals surface area contributed by atoms with E-state index in [2.05, 4.69) is 44.3 Å². The molecule has 0 aliphatic heterocycles. The summed E-state index contributed by atoms with van der Waals surface area (Å²) < 4.78 is 5.51. The van der Waals surface area contributed by atoms with Gasteiger partial charge < -0.3 is 10.1 Å². The van der Waals surface area contributed by atoms with Crippen LogP contribution in [-0.2, 0) is 0 Å². The van der Waals surface area contributed by atoms with Gasteiger partial charge in [0.15, 0.2) is 0 Å². The minimum absolute atomic E-state index is 0.400. The van der Waals surface area contributed by atoms with Gasteiger partial charge in [0.2, 0.25) is 0 Å². The van der Waals surface area contributed by atoms with E-state index in [4.69, 9.17) is 4.74 Å². The van der Waals surface area contributed by atoms with Crippen LogP contribution < -0.4 is 10.1 Å². The molecule has 1 N–H and O–H groups in total. The maximum atomic E-state index is 5.51. The van der Waals surface area contributed by atoms with E-state index in [1.807, 2.05) is 6.07 Å². The number of ether oxygens (including phenoxy) is 1. The highest BCUT2D eigenvalue weighted by Gasteiger charge is 2.28. The molecule has 20 heavy (non-hydrogen) atoms. The van der Waals surface area contributed by atoms with Crippen LogP contribution in [0.2, 0.25) is 0 Å². The van der Waals surface area contributed by atoms with Gasteiger partial charge in [-0.1, -0.05) is 39.0 Å². The van der Waals surface area contributed by atoms with Crippen LogP contribution in [-0.4, -0.2) is 13.2 Å². The number of nitrogens with one attached hydrogen (secondary N) is 1. The largest absolute Gasteiger partial charge is 0.496 e. The molecule has 1 unspecified atom stereocenters. The molecular weight excluding hydrogens is 246 g/mol. The van der Waals surface area contributed by atoms with E-state index in [9.17, 15) is 0 Å². The van der Waals surface area contributed by atoms with Crippen LogP contribution in [0, 0.1) is 5.41 Å². The summed E-state index contributed by atoms with van der Waals surface area (Å²) in [6, 6.07) is 9.44. The monoisotopic (exact) mass is 275 g/mol. The average Bonchev–Trinajstić information content (AvgIpc) is 2.46. The summed E-state index contributed by atoms with van der Waals surface area (Å²) in [6.07, 6.45) is 6.33. The summed E-state index contributed by atoms with van der Waals surface area (Å²) >= 11 is 0. The van der Waals surface area contributed by atoms with E-state index < -0.39 is 0 Å². The van der Waals surface area contributed by atoms with Crippen molar-refractivity contribution in [2.24, 2.45) is 5.41 Å². The zero-order valence-electron chi connectivity index (χ0n) is 13.4. The zero-order valence-corrected chi connectivity index (χ0v) is 13.4. The number of hydrogen-bond acceptors (Lipinski definition) is 2. The van der Waals surface area contributed by atoms with Crippen molar-refractivity contribution in [2.45, 2.75) is 65.0 Å². The number of hydrogen-bond donors (Lipinski definition) is 1. The lowest BCUT2D eigenvalue weighted by Gasteiger charge is -2.36. The normalized spacial score (nSPS) is 20.6. The topological polar surface area (TPSA) is 21.3 Å². The van der Waals surface area contributed by atoms with Crippen LogP contribution >= 0.6 is 0 Å². The quantitative estimate of drug-likeness (QED) is 0.840. The minimum atomic E-state index is 0.400. The van der Waals surface area contributed by atoms with E-state index in [1.54, 1.807) is 7.11 Å². The van der Waals surface area contributed by atoms with Crippen LogP contribution in [0.1, 0.15) is 64.5 Å². The van der Waals surface area contributed by atoms with Crippen LogP contribution in [0.25, 0.3) is 0 Å². The highest BCUT2D eigenvalue weighted by Crippen LogP contribution is 2.36. The Morgan fingerprint density at radius 1 is 1.25 bits per heavy atom. The third-order valence-electron chi connectivity index (χ3n) is 4.70. The predicted molar refractivity (Wildman–Crippen MR) is 85.2 cm³/mol. The molecule has 1 aromatic rings. The first kappa shape index (κ1) is 15.4. The maximum absolute atomic E-state index is 5.51. The van der Waals surface area contributed by atoms with E-state index in [0.717, 1.165) is 12.2 Å². The number of benzene rings is 1. The molecule has 0 saturated heterocycles. The van der Waals surface area contributed by atoms with Gasteiger partial charge in [-0.15, -0.1) is 0 Å². The first-order valence-corrected chi connectivity index (χ1v) is 7.94. The van der Waals surface area contributed by atoms with Crippen LogP contribution in [0.4, 0.5) is 0 Å². The summed E-state index contributed by atoms with van der Waals surface area (Å²) in [4.78, 5) is 0. The Morgan fingerprint density at radius 3 is 2.50 bits per heavy atom. The Morgan fingerprint density at radius 2 is 1.90 bits per heavy atom. The fraction of sp³-hybridized carbons (Fsp3) is 0.667. The van der Waals surface area contributed by atoms with E-state index in [0.29, 0.717) is 17.5 Å². The second kappa shape index (κ2) is 6.62. The molecule has 0 aromatic heterocycles. The zero-order chi connectivity index (χ0) is 14.6. The number of methoxy groups -OCH3 is 1. The molecule has 1 aliphatic carbocycles. The molecule has 2 heteroatoms. The van der Waals surface area contributed by atoms with Crippen LogP contribution in [0.5, 0.6) is 5.75 Å². The van der Waals surface area contributed by atoms with E-state index in [1.165, 1.54) is 31.2 Å². The molecule has 112 valence electrons. The van der Waals surface area contributed by atoms with Gasteiger partial charge in [0.1, 0.15) is 5.75 Å². The Bertz CT molecular complexity index is 417. The van der Waals surface area contributed by atoms with Crippen molar-refractivity contribution in [1.82, 2.24) is 5.32 Å². The summed E-state index contributed by atoms with van der Waals surface area (Å²) in [5.41, 5.74) is 1.83. The Kier molecular flexibility index (Phi) is 5.09. The van der Waals surface area contributed by atoms with Crippen molar-refractivity contribution >= 4 is 0 Å². The lowest BCUT2D eigenvalue weighted by atomic mass is 9.75. The summed E-state index contributed by atoms with van der Waals surface area (Å²) in [6.45, 7) is 7.03. The first-order valence-electron chi connectivity index (χ1n) is 7.94. The van der Waals surface area contributed by atoms with Crippen molar-refractivity contribution in [3.05, 3.63) is 29.8 Å². The lowest BCUT2D eigenvalue weighted by Crippen LogP contribution is -2.37. The summed E-state index contributed by atoms with van der Waals surface area (Å²) in [7, 11) is 1.76. The minimum Gasteiger partial charge on any atom is -0.496 e. The third-order valence-corrected chi connectivity index (χ3v) is 4.70. The van der Waals surface area contributed by atoms with Crippen molar-refractivity contribution in [2.75, 3.05) is 7.11 Å². The molecule has 2 rings (SSSR count). The Hall–Kier alpha value is -1.02. The molecule has 1 atom stereocenters.